The first kappa shape index (κ1) is 20.6. The normalized spacial score (nSPS) is 22.7. The average molecular weight is 408 g/mol. The molecule has 2 atom stereocenters. The van der Waals surface area contributed by atoms with Crippen LogP contribution in [-0.4, -0.2) is 35.5 Å². The summed E-state index contributed by atoms with van der Waals surface area (Å²) >= 11 is 0. The van der Waals surface area contributed by atoms with Gasteiger partial charge in [0.25, 0.3) is 0 Å². The second-order valence-electron chi connectivity index (χ2n) is 8.26. The summed E-state index contributed by atoms with van der Waals surface area (Å²) in [6.07, 6.45) is 3.60. The Balaban J connectivity index is 1.22. The van der Waals surface area contributed by atoms with Crippen molar-refractivity contribution in [3.05, 3.63) is 71.8 Å². The Kier molecular flexibility index (Phi) is 6.80. The number of amides is 1. The van der Waals surface area contributed by atoms with Gasteiger partial charge in [0.05, 0.1) is 13.2 Å². The van der Waals surface area contributed by atoms with Crippen molar-refractivity contribution >= 4 is 11.9 Å². The molecule has 1 amide bonds. The van der Waals surface area contributed by atoms with Gasteiger partial charge >= 0.3 is 6.09 Å². The van der Waals surface area contributed by atoms with E-state index in [0.29, 0.717) is 19.6 Å². The third-order valence-corrected chi connectivity index (χ3v) is 6.21. The summed E-state index contributed by atoms with van der Waals surface area (Å²) in [4.78, 5) is 27.2. The molecule has 2 heterocycles. The number of ketones is 1. The minimum atomic E-state index is -0.247. The zero-order valence-electron chi connectivity index (χ0n) is 17.2. The largest absolute Gasteiger partial charge is 0.445 e. The smallest absolute Gasteiger partial charge is 0.410 e. The first-order valence-corrected chi connectivity index (χ1v) is 10.8. The van der Waals surface area contributed by atoms with E-state index in [9.17, 15) is 9.59 Å². The highest BCUT2D eigenvalue weighted by molar-refractivity contribution is 5.82. The summed E-state index contributed by atoms with van der Waals surface area (Å²) in [5.41, 5.74) is 2.10. The van der Waals surface area contributed by atoms with Crippen LogP contribution in [0.3, 0.4) is 0 Å². The summed E-state index contributed by atoms with van der Waals surface area (Å²) in [6.45, 7) is 1.27. The van der Waals surface area contributed by atoms with Crippen molar-refractivity contribution in [2.45, 2.75) is 57.4 Å². The number of ether oxygens (including phenoxy) is 2. The van der Waals surface area contributed by atoms with Crippen LogP contribution in [0.15, 0.2) is 60.7 Å². The van der Waals surface area contributed by atoms with E-state index in [1.54, 1.807) is 0 Å². The van der Waals surface area contributed by atoms with Crippen molar-refractivity contribution in [2.75, 3.05) is 6.61 Å². The zero-order chi connectivity index (χ0) is 20.8. The Bertz CT molecular complexity index is 825. The third-order valence-electron chi connectivity index (χ3n) is 6.21. The number of piperidine rings is 1. The lowest BCUT2D eigenvalue weighted by Gasteiger charge is -2.37. The molecule has 0 saturated carbocycles. The monoisotopic (exact) mass is 407 g/mol. The number of carbonyl (C=O) groups is 2. The summed E-state index contributed by atoms with van der Waals surface area (Å²) in [6, 6.07) is 19.9. The molecule has 5 heteroatoms. The molecule has 2 bridgehead atoms. The topological polar surface area (TPSA) is 55.8 Å². The maximum Gasteiger partial charge on any atom is 0.410 e. The van der Waals surface area contributed by atoms with Gasteiger partial charge in [-0.3, -0.25) is 4.79 Å². The van der Waals surface area contributed by atoms with E-state index < -0.39 is 0 Å². The molecule has 30 heavy (non-hydrogen) atoms. The molecule has 0 aromatic heterocycles. The van der Waals surface area contributed by atoms with Crippen LogP contribution in [-0.2, 0) is 27.5 Å². The van der Waals surface area contributed by atoms with Crippen molar-refractivity contribution in [1.29, 1.82) is 0 Å². The Morgan fingerprint density at radius 2 is 1.40 bits per heavy atom. The van der Waals surface area contributed by atoms with Gasteiger partial charge in [0.2, 0.25) is 0 Å². The van der Waals surface area contributed by atoms with E-state index in [0.717, 1.165) is 36.8 Å². The summed E-state index contributed by atoms with van der Waals surface area (Å²) < 4.78 is 11.2. The molecule has 0 radical (unpaired) electrons. The molecular formula is C25H29NO4. The number of carbonyl (C=O) groups excluding carboxylic acids is 2. The van der Waals surface area contributed by atoms with Crippen molar-refractivity contribution < 1.29 is 19.1 Å². The van der Waals surface area contributed by atoms with Crippen LogP contribution in [0.25, 0.3) is 0 Å². The first-order chi connectivity index (χ1) is 14.7. The number of hydrogen-bond donors (Lipinski definition) is 0. The number of fused-ring (bicyclic) bond motifs is 2. The minimum Gasteiger partial charge on any atom is -0.445 e. The molecule has 4 rings (SSSR count). The summed E-state index contributed by atoms with van der Waals surface area (Å²) in [5, 5.41) is 0. The fourth-order valence-electron chi connectivity index (χ4n) is 4.67. The van der Waals surface area contributed by atoms with E-state index in [-0.39, 0.29) is 36.5 Å². The molecule has 0 aliphatic carbocycles. The van der Waals surface area contributed by atoms with Gasteiger partial charge < -0.3 is 14.4 Å². The minimum absolute atomic E-state index is 0.0287. The van der Waals surface area contributed by atoms with Gasteiger partial charge in [-0.15, -0.1) is 0 Å². The number of nitrogens with zero attached hydrogens (tertiary/aromatic N) is 1. The van der Waals surface area contributed by atoms with Gasteiger partial charge in [-0.1, -0.05) is 60.7 Å². The van der Waals surface area contributed by atoms with Crippen molar-refractivity contribution in [3.8, 4) is 0 Å². The fraction of sp³-hybridized carbons (Fsp3) is 0.440. The fourth-order valence-corrected chi connectivity index (χ4v) is 4.67. The predicted molar refractivity (Wildman–Crippen MR) is 114 cm³/mol. The Morgan fingerprint density at radius 1 is 0.833 bits per heavy atom. The summed E-state index contributed by atoms with van der Waals surface area (Å²) in [5.74, 6) is 0.290. The third kappa shape index (κ3) is 5.08. The number of Topliss-reactive ketones (excluding diaryl/α,β-unsaturated/α-hetero) is 1. The van der Waals surface area contributed by atoms with Gasteiger partial charge in [0, 0.05) is 24.4 Å². The highest BCUT2D eigenvalue weighted by Crippen LogP contribution is 2.39. The van der Waals surface area contributed by atoms with Gasteiger partial charge in [0.1, 0.15) is 12.4 Å². The van der Waals surface area contributed by atoms with Gasteiger partial charge in [0.15, 0.2) is 0 Å². The van der Waals surface area contributed by atoms with Gasteiger partial charge in [-0.2, -0.15) is 0 Å². The lowest BCUT2D eigenvalue weighted by Crippen LogP contribution is -2.48. The van der Waals surface area contributed by atoms with E-state index >= 15 is 0 Å². The highest BCUT2D eigenvalue weighted by Gasteiger charge is 2.45. The van der Waals surface area contributed by atoms with E-state index in [1.807, 2.05) is 65.6 Å². The Labute approximate surface area is 178 Å². The van der Waals surface area contributed by atoms with Gasteiger partial charge in [-0.05, 0) is 36.8 Å². The molecule has 2 fully saturated rings. The SMILES string of the molecule is O=C(CCOCc1ccccc1)C1CC2CCC(C1)N2C(=O)OCc1ccccc1. The van der Waals surface area contributed by atoms with Crippen LogP contribution in [0.1, 0.15) is 43.2 Å². The van der Waals surface area contributed by atoms with Crippen molar-refractivity contribution in [1.82, 2.24) is 4.90 Å². The molecule has 2 aliphatic heterocycles. The molecule has 2 unspecified atom stereocenters. The highest BCUT2D eigenvalue weighted by atomic mass is 16.6. The number of hydrogen-bond acceptors (Lipinski definition) is 4. The Hall–Kier alpha value is -2.66. The van der Waals surface area contributed by atoms with E-state index in [1.165, 1.54) is 0 Å². The average Bonchev–Trinajstić information content (AvgIpc) is 3.05. The quantitative estimate of drug-likeness (QED) is 0.593. The molecule has 158 valence electrons. The van der Waals surface area contributed by atoms with Crippen LogP contribution in [0.5, 0.6) is 0 Å². The van der Waals surface area contributed by atoms with Crippen LogP contribution < -0.4 is 0 Å². The number of benzene rings is 2. The lowest BCUT2D eigenvalue weighted by molar-refractivity contribution is -0.126. The van der Waals surface area contributed by atoms with Crippen molar-refractivity contribution in [2.24, 2.45) is 5.92 Å². The molecule has 0 N–H and O–H groups in total. The molecule has 2 aromatic carbocycles. The van der Waals surface area contributed by atoms with Crippen LogP contribution in [0, 0.1) is 5.92 Å². The first-order valence-electron chi connectivity index (χ1n) is 10.8. The molecular weight excluding hydrogens is 378 g/mol. The van der Waals surface area contributed by atoms with Gasteiger partial charge in [-0.25, -0.2) is 4.79 Å². The molecule has 2 saturated heterocycles. The second-order valence-corrected chi connectivity index (χ2v) is 8.26. The van der Waals surface area contributed by atoms with Crippen LogP contribution in [0.2, 0.25) is 0 Å². The maximum absolute atomic E-state index is 12.7. The number of rotatable bonds is 8. The molecule has 2 aromatic rings. The van der Waals surface area contributed by atoms with Crippen LogP contribution >= 0.6 is 0 Å². The lowest BCUT2D eigenvalue weighted by atomic mass is 9.86. The van der Waals surface area contributed by atoms with E-state index in [4.69, 9.17) is 9.47 Å². The standard InChI is InChI=1S/C25H29NO4/c27-24(13-14-29-17-19-7-3-1-4-8-19)21-15-22-11-12-23(16-21)26(22)25(28)30-18-20-9-5-2-6-10-20/h1-10,21-23H,11-18H2. The second kappa shape index (κ2) is 9.90. The molecule has 0 spiro atoms. The predicted octanol–water partition coefficient (Wildman–Crippen LogP) is 4.74. The Morgan fingerprint density at radius 3 is 2.00 bits per heavy atom. The summed E-state index contributed by atoms with van der Waals surface area (Å²) in [7, 11) is 0. The molecule has 5 nitrogen and oxygen atoms in total. The molecule has 2 aliphatic rings. The van der Waals surface area contributed by atoms with E-state index in [2.05, 4.69) is 0 Å². The maximum atomic E-state index is 12.7. The zero-order valence-corrected chi connectivity index (χ0v) is 17.2. The van der Waals surface area contributed by atoms with Crippen molar-refractivity contribution in [3.63, 3.8) is 0 Å². The van der Waals surface area contributed by atoms with Crippen LogP contribution in [0.4, 0.5) is 4.79 Å².